The van der Waals surface area contributed by atoms with E-state index in [0.717, 1.165) is 34.9 Å². The number of rotatable bonds is 11. The van der Waals surface area contributed by atoms with Gasteiger partial charge < -0.3 is 24.3 Å². The second-order valence-electron chi connectivity index (χ2n) is 9.76. The molecule has 1 heterocycles. The summed E-state index contributed by atoms with van der Waals surface area (Å²) in [5.74, 6) is 0.909. The zero-order valence-electron chi connectivity index (χ0n) is 22.2. The van der Waals surface area contributed by atoms with Crippen molar-refractivity contribution in [1.82, 2.24) is 14.8 Å². The van der Waals surface area contributed by atoms with E-state index in [9.17, 15) is 9.59 Å². The number of ether oxygens (including phenoxy) is 2. The maximum atomic E-state index is 13.8. The highest BCUT2D eigenvalue weighted by molar-refractivity contribution is 6.33. The zero-order valence-corrected chi connectivity index (χ0v) is 22.9. The Bertz CT molecular complexity index is 1480. The molecule has 0 radical (unpaired) electrons. The lowest BCUT2D eigenvalue weighted by Crippen LogP contribution is -2.44. The van der Waals surface area contributed by atoms with Crippen LogP contribution < -0.4 is 9.47 Å². The third-order valence-corrected chi connectivity index (χ3v) is 7.49. The van der Waals surface area contributed by atoms with Gasteiger partial charge in [-0.3, -0.25) is 9.59 Å². The molecule has 0 bridgehead atoms. The molecular weight excluding hydrogens is 514 g/mol. The monoisotopic (exact) mass is 545 g/mol. The number of methoxy groups -OCH3 is 2. The first kappa shape index (κ1) is 26.6. The summed E-state index contributed by atoms with van der Waals surface area (Å²) in [4.78, 5) is 34.1. The van der Waals surface area contributed by atoms with Gasteiger partial charge in [-0.15, -0.1) is 0 Å². The normalized spacial score (nSPS) is 12.8. The van der Waals surface area contributed by atoms with Crippen LogP contribution in [0.3, 0.4) is 0 Å². The van der Waals surface area contributed by atoms with Crippen molar-refractivity contribution in [2.45, 2.75) is 31.8 Å². The maximum absolute atomic E-state index is 13.8. The lowest BCUT2D eigenvalue weighted by atomic mass is 10.1. The fourth-order valence-corrected chi connectivity index (χ4v) is 5.09. The topological polar surface area (TPSA) is 74.9 Å². The smallest absolute Gasteiger partial charge is 0.256 e. The van der Waals surface area contributed by atoms with Gasteiger partial charge in [-0.05, 0) is 60.7 Å². The van der Waals surface area contributed by atoms with Gasteiger partial charge in [0.1, 0.15) is 6.54 Å². The predicted octanol–water partition coefficient (Wildman–Crippen LogP) is 5.71. The summed E-state index contributed by atoms with van der Waals surface area (Å²) in [5, 5.41) is 1.53. The predicted molar refractivity (Wildman–Crippen MR) is 152 cm³/mol. The standard InChI is InChI=1S/C31H32ClN3O4/c1-38-28-14-11-21(17-29(28)39-2)19-34(16-15-22-18-33-27-10-6-4-7-24(22)27)30(36)20-35(23-12-13-23)31(37)25-8-3-5-9-26(25)32/h3-11,14,17-18,23,33H,12-13,15-16,19-20H2,1-2H3. The Hall–Kier alpha value is -3.97. The number of H-pyrrole nitrogens is 1. The van der Waals surface area contributed by atoms with Crippen molar-refractivity contribution < 1.29 is 19.1 Å². The lowest BCUT2D eigenvalue weighted by Gasteiger charge is -2.28. The van der Waals surface area contributed by atoms with Gasteiger partial charge in [-0.2, -0.15) is 0 Å². The molecule has 39 heavy (non-hydrogen) atoms. The molecule has 4 aromatic rings. The largest absolute Gasteiger partial charge is 0.493 e. The van der Waals surface area contributed by atoms with Crippen molar-refractivity contribution in [3.63, 3.8) is 0 Å². The number of para-hydroxylation sites is 1. The van der Waals surface area contributed by atoms with Gasteiger partial charge in [0.2, 0.25) is 5.91 Å². The third kappa shape index (κ3) is 6.04. The van der Waals surface area contributed by atoms with Gasteiger partial charge in [0.15, 0.2) is 11.5 Å². The van der Waals surface area contributed by atoms with Crippen molar-refractivity contribution in [3.8, 4) is 11.5 Å². The second kappa shape index (κ2) is 11.8. The molecule has 7 nitrogen and oxygen atoms in total. The van der Waals surface area contributed by atoms with Crippen molar-refractivity contribution in [2.75, 3.05) is 27.3 Å². The Morgan fingerprint density at radius 2 is 1.72 bits per heavy atom. The SMILES string of the molecule is COc1ccc(CN(CCc2c[nH]c3ccccc23)C(=O)CN(C(=O)c2ccccc2Cl)C2CC2)cc1OC. The molecule has 1 aromatic heterocycles. The van der Waals surface area contributed by atoms with E-state index >= 15 is 0 Å². The summed E-state index contributed by atoms with van der Waals surface area (Å²) in [6.07, 6.45) is 4.44. The number of carbonyl (C=O) groups is 2. The summed E-state index contributed by atoms with van der Waals surface area (Å²) < 4.78 is 10.9. The van der Waals surface area contributed by atoms with Crippen LogP contribution in [0.1, 0.15) is 34.3 Å². The molecule has 2 amide bonds. The van der Waals surface area contributed by atoms with Crippen LogP contribution in [-0.4, -0.2) is 59.9 Å². The third-order valence-electron chi connectivity index (χ3n) is 7.16. The average molecular weight is 546 g/mol. The number of hydrogen-bond acceptors (Lipinski definition) is 4. The highest BCUT2D eigenvalue weighted by Crippen LogP contribution is 2.31. The molecule has 8 heteroatoms. The Labute approximate surface area is 233 Å². The van der Waals surface area contributed by atoms with Crippen LogP contribution in [0.15, 0.2) is 72.9 Å². The van der Waals surface area contributed by atoms with E-state index in [1.54, 1.807) is 43.4 Å². The number of hydrogen-bond donors (Lipinski definition) is 1. The number of amides is 2. The zero-order chi connectivity index (χ0) is 27.4. The molecule has 1 N–H and O–H groups in total. The molecule has 1 saturated carbocycles. The van der Waals surface area contributed by atoms with E-state index in [1.165, 1.54) is 0 Å². The molecule has 0 saturated heterocycles. The molecule has 3 aromatic carbocycles. The molecule has 1 aliphatic rings. The Morgan fingerprint density at radius 1 is 0.974 bits per heavy atom. The highest BCUT2D eigenvalue weighted by atomic mass is 35.5. The van der Waals surface area contributed by atoms with Gasteiger partial charge in [0, 0.05) is 36.2 Å². The minimum Gasteiger partial charge on any atom is -0.493 e. The van der Waals surface area contributed by atoms with E-state index in [1.807, 2.05) is 47.5 Å². The number of fused-ring (bicyclic) bond motifs is 1. The average Bonchev–Trinajstić information content (AvgIpc) is 3.72. The number of aromatic amines is 1. The van der Waals surface area contributed by atoms with Gasteiger partial charge in [-0.1, -0.05) is 48.0 Å². The minimum absolute atomic E-state index is 0.00407. The summed E-state index contributed by atoms with van der Waals surface area (Å²) in [7, 11) is 3.19. The molecule has 5 rings (SSSR count). The summed E-state index contributed by atoms with van der Waals surface area (Å²) in [5.41, 5.74) is 3.54. The van der Waals surface area contributed by atoms with E-state index in [4.69, 9.17) is 21.1 Å². The fourth-order valence-electron chi connectivity index (χ4n) is 4.87. The van der Waals surface area contributed by atoms with Crippen LogP contribution in [0.25, 0.3) is 10.9 Å². The Morgan fingerprint density at radius 3 is 2.46 bits per heavy atom. The van der Waals surface area contributed by atoms with Gasteiger partial charge in [-0.25, -0.2) is 0 Å². The first-order chi connectivity index (χ1) is 19.0. The van der Waals surface area contributed by atoms with Gasteiger partial charge >= 0.3 is 0 Å². The van der Waals surface area contributed by atoms with Gasteiger partial charge in [0.05, 0.1) is 24.8 Å². The van der Waals surface area contributed by atoms with E-state index in [2.05, 4.69) is 11.1 Å². The number of halogens is 1. The number of aromatic nitrogens is 1. The van der Waals surface area contributed by atoms with Crippen LogP contribution in [0.4, 0.5) is 0 Å². The van der Waals surface area contributed by atoms with Crippen molar-refractivity contribution in [1.29, 1.82) is 0 Å². The molecule has 1 fully saturated rings. The van der Waals surface area contributed by atoms with Crippen LogP contribution in [0, 0.1) is 0 Å². The first-order valence-corrected chi connectivity index (χ1v) is 13.5. The van der Waals surface area contributed by atoms with Crippen molar-refractivity contribution in [3.05, 3.63) is 94.6 Å². The summed E-state index contributed by atoms with van der Waals surface area (Å²) in [6.45, 7) is 0.865. The summed E-state index contributed by atoms with van der Waals surface area (Å²) >= 11 is 6.33. The van der Waals surface area contributed by atoms with Crippen molar-refractivity contribution in [2.24, 2.45) is 0 Å². The van der Waals surface area contributed by atoms with Crippen LogP contribution in [-0.2, 0) is 17.8 Å². The highest BCUT2D eigenvalue weighted by Gasteiger charge is 2.36. The molecule has 0 spiro atoms. The number of nitrogens with zero attached hydrogens (tertiary/aromatic N) is 2. The number of carbonyl (C=O) groups excluding carboxylic acids is 2. The van der Waals surface area contributed by atoms with Gasteiger partial charge in [0.25, 0.3) is 5.91 Å². The molecule has 0 aliphatic heterocycles. The van der Waals surface area contributed by atoms with Crippen LogP contribution in [0.2, 0.25) is 5.02 Å². The molecule has 0 atom stereocenters. The Balaban J connectivity index is 1.39. The molecular formula is C31H32ClN3O4. The molecule has 202 valence electrons. The number of nitrogens with one attached hydrogen (secondary N) is 1. The first-order valence-electron chi connectivity index (χ1n) is 13.1. The minimum atomic E-state index is -0.209. The quantitative estimate of drug-likeness (QED) is 0.262. The molecule has 0 unspecified atom stereocenters. The second-order valence-corrected chi connectivity index (χ2v) is 10.2. The Kier molecular flexibility index (Phi) is 8.07. The number of benzene rings is 3. The van der Waals surface area contributed by atoms with Crippen LogP contribution in [0.5, 0.6) is 11.5 Å². The lowest BCUT2D eigenvalue weighted by molar-refractivity contribution is -0.132. The molecule has 1 aliphatic carbocycles. The fraction of sp³-hybridized carbons (Fsp3) is 0.290. The van der Waals surface area contributed by atoms with E-state index in [0.29, 0.717) is 41.6 Å². The van der Waals surface area contributed by atoms with E-state index in [-0.39, 0.29) is 24.4 Å². The van der Waals surface area contributed by atoms with E-state index < -0.39 is 0 Å². The summed E-state index contributed by atoms with van der Waals surface area (Å²) in [6, 6.07) is 20.8. The van der Waals surface area contributed by atoms with Crippen LogP contribution >= 0.6 is 11.6 Å². The van der Waals surface area contributed by atoms with Crippen molar-refractivity contribution >= 4 is 34.3 Å². The maximum Gasteiger partial charge on any atom is 0.256 e.